The van der Waals surface area contributed by atoms with Crippen LogP contribution in [0, 0.1) is 0 Å². The second kappa shape index (κ2) is 38.9. The van der Waals surface area contributed by atoms with E-state index in [1.807, 2.05) is 0 Å². The molecule has 288 valence electrons. The van der Waals surface area contributed by atoms with Crippen LogP contribution >= 0.6 is 0 Å². The van der Waals surface area contributed by atoms with Crippen molar-refractivity contribution in [3.63, 3.8) is 0 Å². The van der Waals surface area contributed by atoms with Crippen LogP contribution in [0.25, 0.3) is 0 Å². The molecule has 6 heteroatoms. The number of ether oxygens (including phenoxy) is 3. The highest BCUT2D eigenvalue weighted by Crippen LogP contribution is 2.14. The minimum atomic E-state index is -0.765. The number of esters is 3. The summed E-state index contributed by atoms with van der Waals surface area (Å²) in [6, 6.07) is 0. The Bertz CT molecular complexity index is 763. The number of allylic oxidation sites excluding steroid dienone is 2. The first-order chi connectivity index (χ1) is 24.0. The fourth-order valence-electron chi connectivity index (χ4n) is 6.02. The highest BCUT2D eigenvalue weighted by atomic mass is 16.6. The van der Waals surface area contributed by atoms with Crippen molar-refractivity contribution >= 4 is 17.9 Å². The zero-order valence-corrected chi connectivity index (χ0v) is 32.7. The largest absolute Gasteiger partial charge is 0.462 e. The number of unbranched alkanes of at least 4 members (excludes halogenated alkanes) is 25. The molecule has 0 aromatic rings. The van der Waals surface area contributed by atoms with E-state index < -0.39 is 6.10 Å². The van der Waals surface area contributed by atoms with Gasteiger partial charge in [0, 0.05) is 19.3 Å². The zero-order valence-electron chi connectivity index (χ0n) is 32.7. The fraction of sp³-hybridized carbons (Fsp3) is 0.884. The summed E-state index contributed by atoms with van der Waals surface area (Å²) in [7, 11) is 0. The predicted octanol–water partition coefficient (Wildman–Crippen LogP) is 13.1. The first-order valence-electron chi connectivity index (χ1n) is 21.2. The van der Waals surface area contributed by atoms with E-state index in [2.05, 4.69) is 32.9 Å². The molecule has 0 aromatic heterocycles. The molecule has 0 fully saturated rings. The van der Waals surface area contributed by atoms with E-state index in [-0.39, 0.29) is 31.1 Å². The molecule has 0 N–H and O–H groups in total. The summed E-state index contributed by atoms with van der Waals surface area (Å²) in [5, 5.41) is 0. The molecule has 0 amide bonds. The molecule has 0 aromatic carbocycles. The molecule has 1 unspecified atom stereocenters. The van der Waals surface area contributed by atoms with Gasteiger partial charge in [-0.3, -0.25) is 14.4 Å². The molecule has 0 aliphatic heterocycles. The maximum absolute atomic E-state index is 12.6. The van der Waals surface area contributed by atoms with Crippen molar-refractivity contribution in [1.29, 1.82) is 0 Å². The molecule has 0 aliphatic rings. The zero-order chi connectivity index (χ0) is 35.9. The lowest BCUT2D eigenvalue weighted by Gasteiger charge is -2.18. The molecule has 0 saturated heterocycles. The van der Waals surface area contributed by atoms with E-state index in [4.69, 9.17) is 14.2 Å². The Labute approximate surface area is 303 Å². The second-order valence-electron chi connectivity index (χ2n) is 14.3. The lowest BCUT2D eigenvalue weighted by Crippen LogP contribution is -2.30. The van der Waals surface area contributed by atoms with Crippen LogP contribution in [0.3, 0.4) is 0 Å². The first kappa shape index (κ1) is 47.1. The third kappa shape index (κ3) is 37.2. The Morgan fingerprint density at radius 2 is 0.673 bits per heavy atom. The van der Waals surface area contributed by atoms with Gasteiger partial charge in [0.1, 0.15) is 13.2 Å². The van der Waals surface area contributed by atoms with E-state index in [9.17, 15) is 14.4 Å². The normalized spacial score (nSPS) is 12.0. The average molecular weight is 693 g/mol. The lowest BCUT2D eigenvalue weighted by atomic mass is 10.1. The van der Waals surface area contributed by atoms with Crippen molar-refractivity contribution in [2.45, 2.75) is 232 Å². The molecule has 0 aliphatic carbocycles. The van der Waals surface area contributed by atoms with Gasteiger partial charge in [0.15, 0.2) is 6.10 Å². The molecule has 0 spiro atoms. The predicted molar refractivity (Wildman–Crippen MR) is 206 cm³/mol. The van der Waals surface area contributed by atoms with E-state index in [1.165, 1.54) is 116 Å². The number of carbonyl (C=O) groups is 3. The Balaban J connectivity index is 4.34. The standard InChI is InChI=1S/C43H80O6/c1-4-7-10-13-16-19-20-21-22-25-27-30-33-36-42(45)48-39-40(49-43(46)37-34-31-28-24-18-15-12-9-6-3)38-47-41(44)35-32-29-26-23-17-14-11-8-5-2/h21-22,40H,4-20,23-39H2,1-3H3/b22-21-. The molecule has 0 bridgehead atoms. The van der Waals surface area contributed by atoms with Crippen LogP contribution in [-0.4, -0.2) is 37.2 Å². The summed E-state index contributed by atoms with van der Waals surface area (Å²) >= 11 is 0. The maximum Gasteiger partial charge on any atom is 0.306 e. The quantitative estimate of drug-likeness (QED) is 0.0277. The van der Waals surface area contributed by atoms with Gasteiger partial charge in [-0.25, -0.2) is 0 Å². The van der Waals surface area contributed by atoms with Crippen molar-refractivity contribution in [1.82, 2.24) is 0 Å². The van der Waals surface area contributed by atoms with Gasteiger partial charge in [-0.1, -0.05) is 174 Å². The molecular formula is C43H80O6. The minimum Gasteiger partial charge on any atom is -0.462 e. The third-order valence-corrected chi connectivity index (χ3v) is 9.27. The van der Waals surface area contributed by atoms with Crippen LogP contribution < -0.4 is 0 Å². The summed E-state index contributed by atoms with van der Waals surface area (Å²) in [5.74, 6) is -0.890. The van der Waals surface area contributed by atoms with Crippen LogP contribution in [0.15, 0.2) is 12.2 Å². The molecule has 0 heterocycles. The van der Waals surface area contributed by atoms with Crippen LogP contribution in [0.5, 0.6) is 0 Å². The Morgan fingerprint density at radius 1 is 0.388 bits per heavy atom. The van der Waals surface area contributed by atoms with Crippen LogP contribution in [-0.2, 0) is 28.6 Å². The van der Waals surface area contributed by atoms with Crippen molar-refractivity contribution in [2.75, 3.05) is 13.2 Å². The van der Waals surface area contributed by atoms with Gasteiger partial charge in [-0.05, 0) is 44.9 Å². The number of carbonyl (C=O) groups excluding carboxylic acids is 3. The van der Waals surface area contributed by atoms with Crippen LogP contribution in [0.1, 0.15) is 226 Å². The molecule has 49 heavy (non-hydrogen) atoms. The summed E-state index contributed by atoms with van der Waals surface area (Å²) in [6.45, 7) is 6.57. The average Bonchev–Trinajstić information content (AvgIpc) is 3.10. The maximum atomic E-state index is 12.6. The smallest absolute Gasteiger partial charge is 0.306 e. The van der Waals surface area contributed by atoms with Gasteiger partial charge in [0.05, 0.1) is 0 Å². The van der Waals surface area contributed by atoms with E-state index >= 15 is 0 Å². The highest BCUT2D eigenvalue weighted by Gasteiger charge is 2.19. The van der Waals surface area contributed by atoms with Crippen LogP contribution in [0.2, 0.25) is 0 Å². The number of hydrogen-bond acceptors (Lipinski definition) is 6. The van der Waals surface area contributed by atoms with Gasteiger partial charge in [0.25, 0.3) is 0 Å². The molecule has 6 nitrogen and oxygen atoms in total. The second-order valence-corrected chi connectivity index (χ2v) is 14.3. The third-order valence-electron chi connectivity index (χ3n) is 9.27. The Kier molecular flexibility index (Phi) is 37.5. The monoisotopic (exact) mass is 693 g/mol. The topological polar surface area (TPSA) is 78.9 Å². The Morgan fingerprint density at radius 3 is 1.04 bits per heavy atom. The van der Waals surface area contributed by atoms with Gasteiger partial charge >= 0.3 is 17.9 Å². The lowest BCUT2D eigenvalue weighted by molar-refractivity contribution is -0.167. The van der Waals surface area contributed by atoms with Crippen LogP contribution in [0.4, 0.5) is 0 Å². The van der Waals surface area contributed by atoms with Gasteiger partial charge in [-0.15, -0.1) is 0 Å². The summed E-state index contributed by atoms with van der Waals surface area (Å²) in [4.78, 5) is 37.5. The minimum absolute atomic E-state index is 0.0713. The fourth-order valence-corrected chi connectivity index (χ4v) is 6.02. The molecule has 1 atom stereocenters. The molecule has 0 radical (unpaired) electrons. The van der Waals surface area contributed by atoms with Gasteiger partial charge in [-0.2, -0.15) is 0 Å². The van der Waals surface area contributed by atoms with E-state index in [0.29, 0.717) is 19.3 Å². The summed E-state index contributed by atoms with van der Waals surface area (Å²) in [5.41, 5.74) is 0. The molecular weight excluding hydrogens is 612 g/mol. The number of hydrogen-bond donors (Lipinski definition) is 0. The summed E-state index contributed by atoms with van der Waals surface area (Å²) < 4.78 is 16.6. The van der Waals surface area contributed by atoms with Gasteiger partial charge in [0.2, 0.25) is 0 Å². The van der Waals surface area contributed by atoms with Gasteiger partial charge < -0.3 is 14.2 Å². The Hall–Kier alpha value is -1.85. The van der Waals surface area contributed by atoms with Crippen molar-refractivity contribution in [3.05, 3.63) is 12.2 Å². The number of rotatable bonds is 38. The van der Waals surface area contributed by atoms with E-state index in [1.54, 1.807) is 0 Å². The molecule has 0 saturated carbocycles. The highest BCUT2D eigenvalue weighted by molar-refractivity contribution is 5.71. The summed E-state index contributed by atoms with van der Waals surface area (Å²) in [6.07, 6.45) is 39.1. The van der Waals surface area contributed by atoms with Crippen molar-refractivity contribution in [2.24, 2.45) is 0 Å². The van der Waals surface area contributed by atoms with Crippen molar-refractivity contribution in [3.8, 4) is 0 Å². The first-order valence-corrected chi connectivity index (χ1v) is 21.2. The molecule has 0 rings (SSSR count). The van der Waals surface area contributed by atoms with E-state index in [0.717, 1.165) is 70.6 Å². The SMILES string of the molecule is CCCCCCCC/C=C\CCCCCC(=O)OCC(COC(=O)CCCCCCCCCCC)OC(=O)CCCCCCCCCCC. The van der Waals surface area contributed by atoms with Crippen molar-refractivity contribution < 1.29 is 28.6 Å².